The molecule has 1 aliphatic rings. The average molecular weight is 450 g/mol. The fraction of sp³-hybridized carbons (Fsp3) is 0.545. The zero-order valence-corrected chi connectivity index (χ0v) is 19.3. The van der Waals surface area contributed by atoms with E-state index in [1.165, 1.54) is 32.1 Å². The molecule has 0 spiro atoms. The van der Waals surface area contributed by atoms with Crippen molar-refractivity contribution in [2.24, 2.45) is 5.92 Å². The summed E-state index contributed by atoms with van der Waals surface area (Å²) in [6, 6.07) is 3.40. The van der Waals surface area contributed by atoms with Gasteiger partial charge in [0, 0.05) is 25.1 Å². The van der Waals surface area contributed by atoms with Crippen molar-refractivity contribution in [1.29, 1.82) is 0 Å². The smallest absolute Gasteiger partial charge is 0.349 e. The van der Waals surface area contributed by atoms with Crippen LogP contribution in [0, 0.1) is 5.92 Å². The van der Waals surface area contributed by atoms with Crippen LogP contribution in [0.15, 0.2) is 18.2 Å². The molecule has 10 heteroatoms. The summed E-state index contributed by atoms with van der Waals surface area (Å²) in [5, 5.41) is 5.61. The summed E-state index contributed by atoms with van der Waals surface area (Å²) in [7, 11) is 2.64. The van der Waals surface area contributed by atoms with Crippen LogP contribution in [0.3, 0.4) is 0 Å². The second kappa shape index (κ2) is 10.8. The SMILES string of the molecule is COC(=O)[C@@H]1Oc2cc(ccc2OC)C(=O)N[C@@H](C(C)C)CN(C(C)=O)CC(=O)N[C@H]1C. The van der Waals surface area contributed by atoms with Gasteiger partial charge in [-0.2, -0.15) is 0 Å². The number of carbonyl (C=O) groups is 4. The molecule has 0 saturated heterocycles. The van der Waals surface area contributed by atoms with Gasteiger partial charge in [-0.3, -0.25) is 14.4 Å². The number of nitrogens with zero attached hydrogens (tertiary/aromatic N) is 1. The number of rotatable bonds is 3. The van der Waals surface area contributed by atoms with Crippen molar-refractivity contribution in [3.05, 3.63) is 23.8 Å². The molecule has 0 aromatic heterocycles. The summed E-state index contributed by atoms with van der Waals surface area (Å²) in [5.74, 6) is -1.43. The molecule has 1 aromatic rings. The molecule has 32 heavy (non-hydrogen) atoms. The Morgan fingerprint density at radius 2 is 1.88 bits per heavy atom. The van der Waals surface area contributed by atoms with Gasteiger partial charge in [-0.15, -0.1) is 0 Å². The van der Waals surface area contributed by atoms with E-state index in [4.69, 9.17) is 14.2 Å². The molecule has 0 aliphatic carbocycles. The Labute approximate surface area is 187 Å². The van der Waals surface area contributed by atoms with Gasteiger partial charge < -0.3 is 29.7 Å². The zero-order chi connectivity index (χ0) is 24.0. The van der Waals surface area contributed by atoms with Crippen molar-refractivity contribution in [3.63, 3.8) is 0 Å². The minimum Gasteiger partial charge on any atom is -0.493 e. The third-order valence-electron chi connectivity index (χ3n) is 5.27. The van der Waals surface area contributed by atoms with Crippen LogP contribution in [-0.4, -0.2) is 74.1 Å². The topological polar surface area (TPSA) is 123 Å². The molecule has 0 unspecified atom stereocenters. The number of carbonyl (C=O) groups excluding carboxylic acids is 4. The van der Waals surface area contributed by atoms with E-state index in [0.29, 0.717) is 5.75 Å². The first kappa shape index (κ1) is 25.0. The maximum Gasteiger partial charge on any atom is 0.349 e. The highest BCUT2D eigenvalue weighted by Gasteiger charge is 2.32. The Morgan fingerprint density at radius 3 is 2.44 bits per heavy atom. The molecule has 0 radical (unpaired) electrons. The third kappa shape index (κ3) is 6.12. The predicted molar refractivity (Wildman–Crippen MR) is 115 cm³/mol. The molecular formula is C22H31N3O7. The van der Waals surface area contributed by atoms with Crippen LogP contribution in [0.25, 0.3) is 0 Å². The lowest BCUT2D eigenvalue weighted by Gasteiger charge is -2.31. The predicted octanol–water partition coefficient (Wildman–Crippen LogP) is 0.737. The molecule has 0 saturated carbocycles. The van der Waals surface area contributed by atoms with Gasteiger partial charge in [0.1, 0.15) is 0 Å². The highest BCUT2D eigenvalue weighted by Crippen LogP contribution is 2.30. The molecular weight excluding hydrogens is 418 g/mol. The van der Waals surface area contributed by atoms with Crippen molar-refractivity contribution < 1.29 is 33.4 Å². The number of esters is 1. The number of benzene rings is 1. The first-order valence-electron chi connectivity index (χ1n) is 10.4. The Hall–Kier alpha value is -3.30. The van der Waals surface area contributed by atoms with Gasteiger partial charge in [-0.1, -0.05) is 13.8 Å². The van der Waals surface area contributed by atoms with Crippen molar-refractivity contribution in [1.82, 2.24) is 15.5 Å². The summed E-state index contributed by atoms with van der Waals surface area (Å²) in [5.41, 5.74) is 0.290. The Bertz CT molecular complexity index is 871. The van der Waals surface area contributed by atoms with Crippen molar-refractivity contribution in [3.8, 4) is 11.5 Å². The minimum atomic E-state index is -1.21. The molecule has 176 valence electrons. The highest BCUT2D eigenvalue weighted by molar-refractivity contribution is 5.95. The maximum atomic E-state index is 13.0. The van der Waals surface area contributed by atoms with Crippen molar-refractivity contribution in [2.45, 2.75) is 45.9 Å². The molecule has 3 amide bonds. The monoisotopic (exact) mass is 449 g/mol. The van der Waals surface area contributed by atoms with E-state index in [9.17, 15) is 19.2 Å². The lowest BCUT2D eigenvalue weighted by Crippen LogP contribution is -2.54. The van der Waals surface area contributed by atoms with Gasteiger partial charge in [-0.05, 0) is 31.0 Å². The summed E-state index contributed by atoms with van der Waals surface area (Å²) in [4.78, 5) is 51.5. The van der Waals surface area contributed by atoms with Gasteiger partial charge >= 0.3 is 5.97 Å². The van der Waals surface area contributed by atoms with Crippen LogP contribution >= 0.6 is 0 Å². The molecule has 3 atom stereocenters. The largest absolute Gasteiger partial charge is 0.493 e. The van der Waals surface area contributed by atoms with Gasteiger partial charge in [0.15, 0.2) is 11.5 Å². The summed E-state index contributed by atoms with van der Waals surface area (Å²) >= 11 is 0. The van der Waals surface area contributed by atoms with E-state index >= 15 is 0 Å². The Balaban J connectivity index is 2.55. The lowest BCUT2D eigenvalue weighted by atomic mass is 10.0. The molecule has 2 N–H and O–H groups in total. The zero-order valence-electron chi connectivity index (χ0n) is 19.3. The van der Waals surface area contributed by atoms with Crippen molar-refractivity contribution in [2.75, 3.05) is 27.3 Å². The van der Waals surface area contributed by atoms with Gasteiger partial charge in [0.2, 0.25) is 17.9 Å². The van der Waals surface area contributed by atoms with Crippen molar-refractivity contribution >= 4 is 23.7 Å². The number of hydrogen-bond donors (Lipinski definition) is 2. The maximum absolute atomic E-state index is 13.0. The van der Waals surface area contributed by atoms with Gasteiger partial charge in [0.25, 0.3) is 5.91 Å². The highest BCUT2D eigenvalue weighted by atomic mass is 16.6. The molecule has 10 nitrogen and oxygen atoms in total. The van der Waals surface area contributed by atoms with Gasteiger partial charge in [-0.25, -0.2) is 4.79 Å². The van der Waals surface area contributed by atoms with Crippen LogP contribution < -0.4 is 20.1 Å². The van der Waals surface area contributed by atoms with E-state index in [-0.39, 0.29) is 42.1 Å². The first-order chi connectivity index (χ1) is 15.1. The van der Waals surface area contributed by atoms with E-state index < -0.39 is 30.1 Å². The fourth-order valence-corrected chi connectivity index (χ4v) is 3.28. The molecule has 1 heterocycles. The van der Waals surface area contributed by atoms with E-state index in [2.05, 4.69) is 10.6 Å². The molecule has 1 aromatic carbocycles. The van der Waals surface area contributed by atoms with Crippen LogP contribution in [0.1, 0.15) is 38.1 Å². The Morgan fingerprint density at radius 1 is 1.19 bits per heavy atom. The summed E-state index contributed by atoms with van der Waals surface area (Å²) in [6.45, 7) is 6.69. The average Bonchev–Trinajstić information content (AvgIpc) is 2.74. The minimum absolute atomic E-state index is 0.00614. The molecule has 0 fully saturated rings. The first-order valence-corrected chi connectivity index (χ1v) is 10.4. The Kier molecular flexibility index (Phi) is 8.45. The lowest BCUT2D eigenvalue weighted by molar-refractivity contribution is -0.150. The number of hydrogen-bond acceptors (Lipinski definition) is 7. The third-order valence-corrected chi connectivity index (χ3v) is 5.27. The fourth-order valence-electron chi connectivity index (χ4n) is 3.28. The number of amides is 3. The quantitative estimate of drug-likeness (QED) is 0.653. The summed E-state index contributed by atoms with van der Waals surface area (Å²) in [6.07, 6.45) is -1.21. The standard InChI is InChI=1S/C22H31N3O7/c1-12(2)16-10-25(14(4)26)11-19(27)23-13(3)20(22(29)31-6)32-18-9-15(21(28)24-16)7-8-17(18)30-5/h7-9,12-13,16,20H,10-11H2,1-6H3,(H,23,27)(H,24,28)/t13-,16+,20+/m0/s1. The van der Waals surface area contributed by atoms with Crippen LogP contribution in [0.2, 0.25) is 0 Å². The second-order valence-corrected chi connectivity index (χ2v) is 8.01. The molecule has 2 bridgehead atoms. The summed E-state index contributed by atoms with van der Waals surface area (Å²) < 4.78 is 16.0. The molecule has 1 aliphatic heterocycles. The molecule has 2 rings (SSSR count). The number of fused-ring (bicyclic) bond motifs is 2. The normalized spacial score (nSPS) is 22.2. The van der Waals surface area contributed by atoms with E-state index in [1.807, 2.05) is 13.8 Å². The second-order valence-electron chi connectivity index (χ2n) is 8.01. The van der Waals surface area contributed by atoms with Gasteiger partial charge in [0.05, 0.1) is 26.8 Å². The number of methoxy groups -OCH3 is 2. The van der Waals surface area contributed by atoms with Crippen LogP contribution in [0.5, 0.6) is 11.5 Å². The van der Waals surface area contributed by atoms with E-state index in [1.54, 1.807) is 19.1 Å². The number of nitrogens with one attached hydrogen (secondary N) is 2. The number of ether oxygens (including phenoxy) is 3. The van der Waals surface area contributed by atoms with Crippen LogP contribution in [-0.2, 0) is 19.1 Å². The van der Waals surface area contributed by atoms with Crippen LogP contribution in [0.4, 0.5) is 0 Å². The van der Waals surface area contributed by atoms with E-state index in [0.717, 1.165) is 0 Å².